The molecule has 0 bridgehead atoms. The van der Waals surface area contributed by atoms with E-state index in [9.17, 15) is 0 Å². The highest BCUT2D eigenvalue weighted by molar-refractivity contribution is 5.51. The lowest BCUT2D eigenvalue weighted by Gasteiger charge is -2.13. The van der Waals surface area contributed by atoms with Crippen LogP contribution in [0.2, 0.25) is 0 Å². The molecule has 0 radical (unpaired) electrons. The zero-order chi connectivity index (χ0) is 14.7. The van der Waals surface area contributed by atoms with Gasteiger partial charge >= 0.3 is 0 Å². The van der Waals surface area contributed by atoms with Crippen LogP contribution in [0.3, 0.4) is 0 Å². The Morgan fingerprint density at radius 2 is 2.10 bits per heavy atom. The highest BCUT2D eigenvalue weighted by Gasteiger charge is 2.17. The first-order valence-electron chi connectivity index (χ1n) is 6.83. The van der Waals surface area contributed by atoms with E-state index >= 15 is 0 Å². The van der Waals surface area contributed by atoms with E-state index in [2.05, 4.69) is 15.3 Å². The van der Waals surface area contributed by atoms with Gasteiger partial charge in [-0.1, -0.05) is 12.1 Å². The molecule has 0 unspecified atom stereocenters. The zero-order valence-electron chi connectivity index (χ0n) is 12.0. The van der Waals surface area contributed by atoms with Gasteiger partial charge in [-0.15, -0.1) is 0 Å². The van der Waals surface area contributed by atoms with Crippen molar-refractivity contribution in [2.75, 3.05) is 12.1 Å². The Kier molecular flexibility index (Phi) is 3.77. The number of hydrogen-bond donors (Lipinski definition) is 1. The molecule has 21 heavy (non-hydrogen) atoms. The molecule has 1 aliphatic heterocycles. The summed E-state index contributed by atoms with van der Waals surface area (Å²) in [6.07, 6.45) is 3.28. The van der Waals surface area contributed by atoms with Gasteiger partial charge in [0.15, 0.2) is 17.3 Å². The second-order valence-electron chi connectivity index (χ2n) is 4.88. The third kappa shape index (κ3) is 2.99. The van der Waals surface area contributed by atoms with Crippen LogP contribution >= 0.6 is 0 Å². The van der Waals surface area contributed by atoms with Crippen molar-refractivity contribution in [3.05, 3.63) is 36.2 Å². The Morgan fingerprint density at radius 3 is 2.95 bits per heavy atom. The minimum Gasteiger partial charge on any atom is -0.472 e. The van der Waals surface area contributed by atoms with Crippen LogP contribution in [0.1, 0.15) is 19.4 Å². The van der Waals surface area contributed by atoms with Gasteiger partial charge in [-0.3, -0.25) is 0 Å². The molecule has 1 N–H and O–H groups in total. The van der Waals surface area contributed by atoms with Gasteiger partial charge < -0.3 is 19.5 Å². The summed E-state index contributed by atoms with van der Waals surface area (Å²) in [6.45, 7) is 4.72. The molecule has 1 aromatic heterocycles. The second-order valence-corrected chi connectivity index (χ2v) is 4.88. The van der Waals surface area contributed by atoms with Crippen LogP contribution in [0.4, 0.5) is 5.82 Å². The summed E-state index contributed by atoms with van der Waals surface area (Å²) in [5, 5.41) is 3.23. The monoisotopic (exact) mass is 287 g/mol. The molecule has 1 aromatic carbocycles. The number of hydrogen-bond acceptors (Lipinski definition) is 6. The normalized spacial score (nSPS) is 12.5. The highest BCUT2D eigenvalue weighted by atomic mass is 16.7. The summed E-state index contributed by atoms with van der Waals surface area (Å²) in [6, 6.07) is 5.81. The molecule has 0 fully saturated rings. The molecule has 0 amide bonds. The molecule has 1 aliphatic rings. The lowest BCUT2D eigenvalue weighted by molar-refractivity contribution is 0.173. The molecule has 0 saturated carbocycles. The maximum Gasteiger partial charge on any atom is 0.257 e. The lowest BCUT2D eigenvalue weighted by Crippen LogP contribution is -2.11. The van der Waals surface area contributed by atoms with E-state index in [4.69, 9.17) is 14.2 Å². The number of para-hydroxylation sites is 1. The third-order valence-electron chi connectivity index (χ3n) is 2.94. The van der Waals surface area contributed by atoms with Gasteiger partial charge in [0, 0.05) is 24.5 Å². The van der Waals surface area contributed by atoms with Gasteiger partial charge in [0.05, 0.1) is 6.10 Å². The van der Waals surface area contributed by atoms with Crippen LogP contribution in [-0.4, -0.2) is 22.9 Å². The van der Waals surface area contributed by atoms with Crippen LogP contribution < -0.4 is 19.5 Å². The Labute approximate surface area is 123 Å². The fourth-order valence-corrected chi connectivity index (χ4v) is 2.06. The predicted molar refractivity (Wildman–Crippen MR) is 77.7 cm³/mol. The minimum atomic E-state index is 0.0416. The molecule has 6 nitrogen and oxygen atoms in total. The largest absolute Gasteiger partial charge is 0.472 e. The second kappa shape index (κ2) is 5.87. The van der Waals surface area contributed by atoms with Crippen LogP contribution in [0.15, 0.2) is 30.6 Å². The first kappa shape index (κ1) is 13.5. The summed E-state index contributed by atoms with van der Waals surface area (Å²) in [4.78, 5) is 8.47. The number of anilines is 1. The SMILES string of the molecule is CC(C)Oc1nccnc1NCc1cccc2c1OCO2. The van der Waals surface area contributed by atoms with Gasteiger partial charge in [-0.05, 0) is 19.9 Å². The summed E-state index contributed by atoms with van der Waals surface area (Å²) < 4.78 is 16.5. The maximum absolute atomic E-state index is 5.63. The van der Waals surface area contributed by atoms with Gasteiger partial charge in [0.25, 0.3) is 5.88 Å². The summed E-state index contributed by atoms with van der Waals surface area (Å²) >= 11 is 0. The maximum atomic E-state index is 5.63. The van der Waals surface area contributed by atoms with E-state index in [0.717, 1.165) is 17.1 Å². The fraction of sp³-hybridized carbons (Fsp3) is 0.333. The Hall–Kier alpha value is -2.50. The number of fused-ring (bicyclic) bond motifs is 1. The average molecular weight is 287 g/mol. The van der Waals surface area contributed by atoms with E-state index in [1.807, 2.05) is 32.0 Å². The molecule has 0 saturated heterocycles. The van der Waals surface area contributed by atoms with Crippen LogP contribution in [0.5, 0.6) is 17.4 Å². The standard InChI is InChI=1S/C15H17N3O3/c1-10(2)21-15-14(16-6-7-17-15)18-8-11-4-3-5-12-13(11)20-9-19-12/h3-7,10H,8-9H2,1-2H3,(H,16,18). The fourth-order valence-electron chi connectivity index (χ4n) is 2.06. The van der Waals surface area contributed by atoms with Crippen molar-refractivity contribution >= 4 is 5.82 Å². The minimum absolute atomic E-state index is 0.0416. The Bertz CT molecular complexity index is 631. The summed E-state index contributed by atoms with van der Waals surface area (Å²) in [5.74, 6) is 2.66. The average Bonchev–Trinajstić information content (AvgIpc) is 2.95. The van der Waals surface area contributed by atoms with Crippen molar-refractivity contribution in [1.82, 2.24) is 9.97 Å². The van der Waals surface area contributed by atoms with Crippen molar-refractivity contribution in [3.63, 3.8) is 0 Å². The van der Waals surface area contributed by atoms with E-state index in [0.29, 0.717) is 18.2 Å². The molecule has 3 rings (SSSR count). The van der Waals surface area contributed by atoms with Crippen molar-refractivity contribution in [1.29, 1.82) is 0 Å². The first-order valence-corrected chi connectivity index (χ1v) is 6.83. The number of nitrogens with zero attached hydrogens (tertiary/aromatic N) is 2. The van der Waals surface area contributed by atoms with Crippen LogP contribution in [-0.2, 0) is 6.54 Å². The first-order chi connectivity index (χ1) is 10.2. The molecule has 2 heterocycles. The van der Waals surface area contributed by atoms with Gasteiger partial charge in [-0.2, -0.15) is 0 Å². The van der Waals surface area contributed by atoms with E-state index in [1.54, 1.807) is 12.4 Å². The number of rotatable bonds is 5. The molecule has 0 aliphatic carbocycles. The van der Waals surface area contributed by atoms with Crippen molar-refractivity contribution in [2.24, 2.45) is 0 Å². The molecule has 110 valence electrons. The van der Waals surface area contributed by atoms with Crippen LogP contribution in [0.25, 0.3) is 0 Å². The van der Waals surface area contributed by atoms with E-state index in [1.165, 1.54) is 0 Å². The van der Waals surface area contributed by atoms with Crippen molar-refractivity contribution in [2.45, 2.75) is 26.5 Å². The van der Waals surface area contributed by atoms with Crippen LogP contribution in [0, 0.1) is 0 Å². The number of benzene rings is 1. The summed E-state index contributed by atoms with van der Waals surface area (Å²) in [5.41, 5.74) is 1.01. The molecule has 0 atom stereocenters. The summed E-state index contributed by atoms with van der Waals surface area (Å²) in [7, 11) is 0. The van der Waals surface area contributed by atoms with Gasteiger partial charge in [0.2, 0.25) is 6.79 Å². The van der Waals surface area contributed by atoms with E-state index < -0.39 is 0 Å². The lowest BCUT2D eigenvalue weighted by atomic mass is 10.2. The highest BCUT2D eigenvalue weighted by Crippen LogP contribution is 2.35. The number of nitrogens with one attached hydrogen (secondary N) is 1. The Balaban J connectivity index is 1.75. The Morgan fingerprint density at radius 1 is 1.24 bits per heavy atom. The molecular formula is C15H17N3O3. The quantitative estimate of drug-likeness (QED) is 0.912. The molecule has 6 heteroatoms. The van der Waals surface area contributed by atoms with Gasteiger partial charge in [-0.25, -0.2) is 9.97 Å². The zero-order valence-corrected chi connectivity index (χ0v) is 12.0. The number of ether oxygens (including phenoxy) is 3. The topological polar surface area (TPSA) is 65.5 Å². The molecule has 0 spiro atoms. The predicted octanol–water partition coefficient (Wildman–Crippen LogP) is 2.60. The van der Waals surface area contributed by atoms with Gasteiger partial charge in [0.1, 0.15) is 0 Å². The molecule has 2 aromatic rings. The van der Waals surface area contributed by atoms with E-state index in [-0.39, 0.29) is 12.9 Å². The third-order valence-corrected chi connectivity index (χ3v) is 2.94. The molecular weight excluding hydrogens is 270 g/mol. The van der Waals surface area contributed by atoms with Crippen molar-refractivity contribution < 1.29 is 14.2 Å². The van der Waals surface area contributed by atoms with Crippen molar-refractivity contribution in [3.8, 4) is 17.4 Å². The number of aromatic nitrogens is 2. The smallest absolute Gasteiger partial charge is 0.257 e.